The minimum Gasteiger partial charge on any atom is -0.481 e. The molecule has 0 amide bonds. The van der Waals surface area contributed by atoms with Crippen LogP contribution in [0.2, 0.25) is 0 Å². The molecule has 0 spiro atoms. The summed E-state index contributed by atoms with van der Waals surface area (Å²) in [4.78, 5) is 10.6. The number of carboxylic acid groups (broad SMARTS) is 1. The number of aliphatic carboxylic acids is 1. The van der Waals surface area contributed by atoms with Crippen LogP contribution in [-0.4, -0.2) is 48.5 Å². The molecule has 1 heterocycles. The molecule has 2 aromatic rings. The van der Waals surface area contributed by atoms with Crippen molar-refractivity contribution in [2.45, 2.75) is 44.9 Å². The van der Waals surface area contributed by atoms with Crippen LogP contribution in [0.5, 0.6) is 0 Å². The van der Waals surface area contributed by atoms with Crippen molar-refractivity contribution in [2.24, 2.45) is 0 Å². The van der Waals surface area contributed by atoms with Crippen LogP contribution in [0.1, 0.15) is 38.4 Å². The van der Waals surface area contributed by atoms with Crippen molar-refractivity contribution < 1.29 is 20.1 Å². The molecule has 2 rings (SSSR count). The van der Waals surface area contributed by atoms with Gasteiger partial charge in [0.25, 0.3) is 0 Å². The second-order valence-electron chi connectivity index (χ2n) is 6.14. The molecule has 0 saturated heterocycles. The van der Waals surface area contributed by atoms with Gasteiger partial charge in [-0.25, -0.2) is 4.68 Å². The van der Waals surface area contributed by atoms with Crippen LogP contribution >= 0.6 is 0 Å². The third kappa shape index (κ3) is 5.23. The first-order chi connectivity index (χ1) is 11.9. The van der Waals surface area contributed by atoms with Crippen molar-refractivity contribution in [3.63, 3.8) is 0 Å². The molecule has 0 radical (unpaired) electrons. The lowest BCUT2D eigenvalue weighted by molar-refractivity contribution is -0.139. The largest absolute Gasteiger partial charge is 0.481 e. The smallest absolute Gasteiger partial charge is 0.305 e. The maximum absolute atomic E-state index is 10.6. The highest BCUT2D eigenvalue weighted by molar-refractivity contribution is 5.69. The first-order valence-corrected chi connectivity index (χ1v) is 8.15. The fourth-order valence-electron chi connectivity index (χ4n) is 2.48. The van der Waals surface area contributed by atoms with E-state index in [9.17, 15) is 15.0 Å². The van der Waals surface area contributed by atoms with E-state index in [1.165, 1.54) is 6.08 Å². The van der Waals surface area contributed by atoms with E-state index in [0.717, 1.165) is 11.3 Å². The molecule has 0 aliphatic rings. The summed E-state index contributed by atoms with van der Waals surface area (Å²) in [5.41, 5.74) is 2.35. The standard InChI is InChI=1S/C18H23N3O4/c1-12(2)21-16(9-8-14(22)10-15(23)11-17(24)25)18(19-20-21)13-6-4-3-5-7-13/h3-9,12,14-15,22-23H,10-11H2,1-2H3,(H,24,25)/b9-8+. The topological polar surface area (TPSA) is 108 Å². The molecule has 0 bridgehead atoms. The fourth-order valence-corrected chi connectivity index (χ4v) is 2.48. The molecule has 7 heteroatoms. The molecule has 0 fully saturated rings. The summed E-state index contributed by atoms with van der Waals surface area (Å²) < 4.78 is 1.75. The highest BCUT2D eigenvalue weighted by Crippen LogP contribution is 2.24. The molecule has 0 aliphatic carbocycles. The van der Waals surface area contributed by atoms with E-state index in [4.69, 9.17) is 5.11 Å². The molecular weight excluding hydrogens is 322 g/mol. The highest BCUT2D eigenvalue weighted by Gasteiger charge is 2.16. The van der Waals surface area contributed by atoms with E-state index in [2.05, 4.69) is 10.3 Å². The van der Waals surface area contributed by atoms with Crippen LogP contribution in [0.4, 0.5) is 0 Å². The summed E-state index contributed by atoms with van der Waals surface area (Å²) in [5.74, 6) is -1.10. The summed E-state index contributed by atoms with van der Waals surface area (Å²) in [6.07, 6.45) is 0.723. The van der Waals surface area contributed by atoms with Crippen LogP contribution in [0.3, 0.4) is 0 Å². The number of carbonyl (C=O) groups is 1. The predicted molar refractivity (Wildman–Crippen MR) is 93.8 cm³/mol. The van der Waals surface area contributed by atoms with Crippen molar-refractivity contribution in [2.75, 3.05) is 0 Å². The number of aliphatic hydroxyl groups excluding tert-OH is 2. The zero-order valence-electron chi connectivity index (χ0n) is 14.3. The Balaban J connectivity index is 2.22. The molecule has 7 nitrogen and oxygen atoms in total. The molecule has 134 valence electrons. The number of rotatable bonds is 8. The number of nitrogens with zero attached hydrogens (tertiary/aromatic N) is 3. The van der Waals surface area contributed by atoms with Crippen molar-refractivity contribution in [1.29, 1.82) is 0 Å². The van der Waals surface area contributed by atoms with Crippen LogP contribution in [-0.2, 0) is 4.79 Å². The number of aromatic nitrogens is 3. The SMILES string of the molecule is CC(C)n1nnc(-c2ccccc2)c1/C=C/C(O)CC(O)CC(=O)O. The van der Waals surface area contributed by atoms with Crippen LogP contribution in [0.25, 0.3) is 17.3 Å². The first kappa shape index (κ1) is 18.8. The maximum atomic E-state index is 10.6. The van der Waals surface area contributed by atoms with Gasteiger partial charge in [-0.1, -0.05) is 41.6 Å². The van der Waals surface area contributed by atoms with Gasteiger partial charge >= 0.3 is 5.97 Å². The summed E-state index contributed by atoms with van der Waals surface area (Å²) in [6.45, 7) is 3.96. The Morgan fingerprint density at radius 1 is 1.24 bits per heavy atom. The lowest BCUT2D eigenvalue weighted by Gasteiger charge is -2.12. The van der Waals surface area contributed by atoms with Gasteiger partial charge in [-0.15, -0.1) is 5.10 Å². The normalized spacial score (nSPS) is 14.1. The first-order valence-electron chi connectivity index (χ1n) is 8.15. The van der Waals surface area contributed by atoms with Gasteiger partial charge in [0.1, 0.15) is 5.69 Å². The van der Waals surface area contributed by atoms with Crippen LogP contribution < -0.4 is 0 Å². The van der Waals surface area contributed by atoms with Crippen molar-refractivity contribution in [1.82, 2.24) is 15.0 Å². The lowest BCUT2D eigenvalue weighted by atomic mass is 10.1. The Morgan fingerprint density at radius 3 is 2.52 bits per heavy atom. The third-order valence-electron chi connectivity index (χ3n) is 3.67. The second kappa shape index (κ2) is 8.55. The van der Waals surface area contributed by atoms with Crippen molar-refractivity contribution in [3.8, 4) is 11.3 Å². The third-order valence-corrected chi connectivity index (χ3v) is 3.67. The van der Waals surface area contributed by atoms with E-state index in [-0.39, 0.29) is 12.5 Å². The average molecular weight is 345 g/mol. The number of hydrogen-bond donors (Lipinski definition) is 3. The van der Waals surface area contributed by atoms with E-state index >= 15 is 0 Å². The second-order valence-corrected chi connectivity index (χ2v) is 6.14. The zero-order valence-corrected chi connectivity index (χ0v) is 14.3. The fraction of sp³-hybridized carbons (Fsp3) is 0.389. The number of hydrogen-bond acceptors (Lipinski definition) is 5. The van der Waals surface area contributed by atoms with Gasteiger partial charge in [-0.05, 0) is 19.9 Å². The minimum absolute atomic E-state index is 0.0489. The Kier molecular flexibility index (Phi) is 6.44. The monoisotopic (exact) mass is 345 g/mol. The summed E-state index contributed by atoms with van der Waals surface area (Å²) >= 11 is 0. The van der Waals surface area contributed by atoms with Gasteiger partial charge in [0.05, 0.1) is 24.3 Å². The molecule has 25 heavy (non-hydrogen) atoms. The lowest BCUT2D eigenvalue weighted by Crippen LogP contribution is -2.19. The summed E-state index contributed by atoms with van der Waals surface area (Å²) in [5, 5.41) is 36.7. The van der Waals surface area contributed by atoms with Gasteiger partial charge in [-0.3, -0.25) is 4.79 Å². The Hall–Kier alpha value is -2.51. The van der Waals surface area contributed by atoms with E-state index in [1.54, 1.807) is 10.8 Å². The van der Waals surface area contributed by atoms with E-state index < -0.39 is 24.6 Å². The van der Waals surface area contributed by atoms with Crippen LogP contribution in [0, 0.1) is 0 Å². The maximum Gasteiger partial charge on any atom is 0.305 e. The quantitative estimate of drug-likeness (QED) is 0.676. The van der Waals surface area contributed by atoms with Gasteiger partial charge in [0, 0.05) is 18.0 Å². The Bertz CT molecular complexity index is 725. The molecule has 0 aliphatic heterocycles. The minimum atomic E-state index is -1.10. The van der Waals surface area contributed by atoms with Crippen LogP contribution in [0.15, 0.2) is 36.4 Å². The summed E-state index contributed by atoms with van der Waals surface area (Å²) in [6, 6.07) is 9.68. The predicted octanol–water partition coefficient (Wildman–Crippen LogP) is 2.13. The van der Waals surface area contributed by atoms with Gasteiger partial charge in [0.2, 0.25) is 0 Å². The van der Waals surface area contributed by atoms with Gasteiger partial charge in [-0.2, -0.15) is 0 Å². The molecule has 2 atom stereocenters. The molecular formula is C18H23N3O4. The van der Waals surface area contributed by atoms with E-state index in [1.807, 2.05) is 44.2 Å². The zero-order chi connectivity index (χ0) is 18.4. The van der Waals surface area contributed by atoms with Crippen molar-refractivity contribution in [3.05, 3.63) is 42.1 Å². The van der Waals surface area contributed by atoms with E-state index in [0.29, 0.717) is 5.69 Å². The number of benzene rings is 1. The van der Waals surface area contributed by atoms with Gasteiger partial charge < -0.3 is 15.3 Å². The molecule has 1 aromatic carbocycles. The number of aliphatic hydroxyl groups is 2. The summed E-state index contributed by atoms with van der Waals surface area (Å²) in [7, 11) is 0. The number of carboxylic acids is 1. The molecule has 0 saturated carbocycles. The molecule has 1 aromatic heterocycles. The van der Waals surface area contributed by atoms with Crippen molar-refractivity contribution >= 4 is 12.0 Å². The molecule has 2 unspecified atom stereocenters. The molecule has 3 N–H and O–H groups in total. The average Bonchev–Trinajstić information content (AvgIpc) is 2.97. The van der Waals surface area contributed by atoms with Gasteiger partial charge in [0.15, 0.2) is 0 Å². The Morgan fingerprint density at radius 2 is 1.92 bits per heavy atom. The highest BCUT2D eigenvalue weighted by atomic mass is 16.4. The Labute approximate surface area is 146 Å².